The molecule has 1 amide bonds. The molecule has 116 valence electrons. The third-order valence-corrected chi connectivity index (χ3v) is 3.53. The highest BCUT2D eigenvalue weighted by atomic mass is 16.2. The second kappa shape index (κ2) is 7.02. The van der Waals surface area contributed by atoms with E-state index in [1.807, 2.05) is 45.0 Å². The number of nitrogens with one attached hydrogen (secondary N) is 1. The van der Waals surface area contributed by atoms with Crippen LogP contribution >= 0.6 is 0 Å². The summed E-state index contributed by atoms with van der Waals surface area (Å²) >= 11 is 0. The van der Waals surface area contributed by atoms with Crippen LogP contribution in [-0.4, -0.2) is 21.7 Å². The van der Waals surface area contributed by atoms with Crippen molar-refractivity contribution in [2.75, 3.05) is 0 Å². The summed E-state index contributed by atoms with van der Waals surface area (Å²) in [6, 6.07) is 11.1. The molecule has 5 nitrogen and oxygen atoms in total. The molecule has 5 heteroatoms. The molecule has 0 aliphatic heterocycles. The van der Waals surface area contributed by atoms with Gasteiger partial charge in [0.2, 0.25) is 5.91 Å². The van der Waals surface area contributed by atoms with E-state index in [1.54, 1.807) is 6.07 Å². The lowest BCUT2D eigenvalue weighted by Crippen LogP contribution is -2.37. The van der Waals surface area contributed by atoms with Gasteiger partial charge in [0.15, 0.2) is 0 Å². The fraction of sp³-hybridized carbons (Fsp3) is 0.353. The fourth-order valence-electron chi connectivity index (χ4n) is 2.00. The Morgan fingerprint density at radius 3 is 2.55 bits per heavy atom. The summed E-state index contributed by atoms with van der Waals surface area (Å²) in [4.78, 5) is 23.8. The van der Waals surface area contributed by atoms with E-state index in [4.69, 9.17) is 0 Å². The maximum atomic E-state index is 11.9. The number of hydrogen-bond acceptors (Lipinski definition) is 3. The van der Waals surface area contributed by atoms with Crippen molar-refractivity contribution in [1.29, 1.82) is 0 Å². The maximum absolute atomic E-state index is 11.9. The minimum absolute atomic E-state index is 0.0666. The van der Waals surface area contributed by atoms with Gasteiger partial charge >= 0.3 is 0 Å². The molecule has 0 spiro atoms. The lowest BCUT2D eigenvalue weighted by atomic mass is 10.1. The molecule has 1 heterocycles. The molecule has 1 atom stereocenters. The molecule has 0 saturated carbocycles. The molecule has 0 fully saturated rings. The Labute approximate surface area is 130 Å². The lowest BCUT2D eigenvalue weighted by molar-refractivity contribution is -0.122. The molecule has 2 aromatic rings. The molecule has 0 aliphatic carbocycles. The van der Waals surface area contributed by atoms with Crippen LogP contribution in [0.25, 0.3) is 11.3 Å². The van der Waals surface area contributed by atoms with E-state index in [0.29, 0.717) is 5.69 Å². The number of nitrogens with zero attached hydrogens (tertiary/aromatic N) is 2. The van der Waals surface area contributed by atoms with Crippen molar-refractivity contribution in [3.8, 4) is 11.3 Å². The minimum Gasteiger partial charge on any atom is -0.352 e. The van der Waals surface area contributed by atoms with Crippen LogP contribution in [0.1, 0.15) is 25.8 Å². The van der Waals surface area contributed by atoms with Crippen molar-refractivity contribution in [3.63, 3.8) is 0 Å². The lowest BCUT2D eigenvalue weighted by Gasteiger charge is -2.12. The van der Waals surface area contributed by atoms with Gasteiger partial charge in [-0.25, -0.2) is 4.68 Å². The zero-order chi connectivity index (χ0) is 16.1. The quantitative estimate of drug-likeness (QED) is 0.920. The van der Waals surface area contributed by atoms with Gasteiger partial charge in [-0.1, -0.05) is 36.8 Å². The summed E-state index contributed by atoms with van der Waals surface area (Å²) in [5.41, 5.74) is 2.47. The van der Waals surface area contributed by atoms with Crippen molar-refractivity contribution in [2.24, 2.45) is 0 Å². The number of aromatic nitrogens is 2. The first-order valence-electron chi connectivity index (χ1n) is 7.44. The second-order valence-electron chi connectivity index (χ2n) is 5.46. The molecule has 2 rings (SSSR count). The third kappa shape index (κ3) is 4.04. The van der Waals surface area contributed by atoms with Gasteiger partial charge < -0.3 is 5.32 Å². The Kier molecular flexibility index (Phi) is 5.09. The van der Waals surface area contributed by atoms with Gasteiger partial charge in [-0.2, -0.15) is 5.10 Å². The molecule has 22 heavy (non-hydrogen) atoms. The maximum Gasteiger partial charge on any atom is 0.267 e. The normalized spacial score (nSPS) is 12.0. The first-order valence-corrected chi connectivity index (χ1v) is 7.44. The predicted octanol–water partition coefficient (Wildman–Crippen LogP) is 2.13. The SMILES string of the molecule is CC[C@@H](C)NC(=O)Cn1nc(-c2ccc(C)cc2)ccc1=O. The van der Waals surface area contributed by atoms with E-state index in [0.717, 1.165) is 17.5 Å². The van der Waals surface area contributed by atoms with Gasteiger partial charge in [-0.05, 0) is 26.3 Å². The zero-order valence-corrected chi connectivity index (χ0v) is 13.2. The molecule has 1 N–H and O–H groups in total. The standard InChI is InChI=1S/C17H21N3O2/c1-4-13(3)18-16(21)11-20-17(22)10-9-15(19-20)14-7-5-12(2)6-8-14/h5-10,13H,4,11H2,1-3H3,(H,18,21)/t13-/m1/s1. The van der Waals surface area contributed by atoms with Crippen LogP contribution in [0.4, 0.5) is 0 Å². The summed E-state index contributed by atoms with van der Waals surface area (Å²) in [6.07, 6.45) is 0.845. The summed E-state index contributed by atoms with van der Waals surface area (Å²) in [6.45, 7) is 5.87. The van der Waals surface area contributed by atoms with Crippen LogP contribution in [0.5, 0.6) is 0 Å². The number of benzene rings is 1. The van der Waals surface area contributed by atoms with Gasteiger partial charge in [0.05, 0.1) is 5.69 Å². The Bertz CT molecular complexity index is 705. The van der Waals surface area contributed by atoms with E-state index < -0.39 is 0 Å². The number of hydrogen-bond donors (Lipinski definition) is 1. The smallest absolute Gasteiger partial charge is 0.267 e. The Balaban J connectivity index is 2.22. The Hall–Kier alpha value is -2.43. The second-order valence-corrected chi connectivity index (χ2v) is 5.46. The first-order chi connectivity index (χ1) is 10.5. The molecule has 0 radical (unpaired) electrons. The monoisotopic (exact) mass is 299 g/mol. The van der Waals surface area contributed by atoms with Crippen molar-refractivity contribution in [1.82, 2.24) is 15.1 Å². The van der Waals surface area contributed by atoms with Crippen LogP contribution in [-0.2, 0) is 11.3 Å². The highest BCUT2D eigenvalue weighted by Gasteiger charge is 2.09. The van der Waals surface area contributed by atoms with Crippen LogP contribution in [0.2, 0.25) is 0 Å². The van der Waals surface area contributed by atoms with Gasteiger partial charge in [-0.3, -0.25) is 9.59 Å². The Morgan fingerprint density at radius 2 is 1.91 bits per heavy atom. The third-order valence-electron chi connectivity index (χ3n) is 3.53. The van der Waals surface area contributed by atoms with Crippen LogP contribution in [0, 0.1) is 6.92 Å². The number of carbonyl (C=O) groups excluding carboxylic acids is 1. The van der Waals surface area contributed by atoms with E-state index in [9.17, 15) is 9.59 Å². The number of aryl methyl sites for hydroxylation is 1. The molecule has 0 bridgehead atoms. The summed E-state index contributed by atoms with van der Waals surface area (Å²) in [7, 11) is 0. The van der Waals surface area contributed by atoms with Gasteiger partial charge in [0, 0.05) is 17.7 Å². The van der Waals surface area contributed by atoms with Crippen molar-refractivity contribution in [3.05, 3.63) is 52.3 Å². The van der Waals surface area contributed by atoms with Crippen LogP contribution < -0.4 is 10.9 Å². The number of carbonyl (C=O) groups is 1. The first kappa shape index (κ1) is 15.9. The fourth-order valence-corrected chi connectivity index (χ4v) is 2.00. The summed E-state index contributed by atoms with van der Waals surface area (Å²) in [5, 5.41) is 7.12. The zero-order valence-electron chi connectivity index (χ0n) is 13.2. The van der Waals surface area contributed by atoms with E-state index in [-0.39, 0.29) is 24.1 Å². The van der Waals surface area contributed by atoms with Gasteiger partial charge in [0.1, 0.15) is 6.54 Å². The molecular weight excluding hydrogens is 278 g/mol. The number of amides is 1. The molecule has 0 aliphatic rings. The van der Waals surface area contributed by atoms with Crippen LogP contribution in [0.3, 0.4) is 0 Å². The predicted molar refractivity (Wildman–Crippen MR) is 86.6 cm³/mol. The van der Waals surface area contributed by atoms with E-state index in [2.05, 4.69) is 10.4 Å². The average Bonchev–Trinajstić information content (AvgIpc) is 2.50. The molecule has 0 unspecified atom stereocenters. The average molecular weight is 299 g/mol. The van der Waals surface area contributed by atoms with Crippen molar-refractivity contribution in [2.45, 2.75) is 39.8 Å². The van der Waals surface area contributed by atoms with Gasteiger partial charge in [-0.15, -0.1) is 0 Å². The molecular formula is C17H21N3O2. The number of rotatable bonds is 5. The van der Waals surface area contributed by atoms with Crippen molar-refractivity contribution < 1.29 is 4.79 Å². The largest absolute Gasteiger partial charge is 0.352 e. The highest BCUT2D eigenvalue weighted by Crippen LogP contribution is 2.15. The van der Waals surface area contributed by atoms with Crippen LogP contribution in [0.15, 0.2) is 41.2 Å². The molecule has 1 aromatic carbocycles. The summed E-state index contributed by atoms with van der Waals surface area (Å²) < 4.78 is 1.20. The topological polar surface area (TPSA) is 64.0 Å². The van der Waals surface area contributed by atoms with Crippen molar-refractivity contribution >= 4 is 5.91 Å². The van der Waals surface area contributed by atoms with E-state index >= 15 is 0 Å². The van der Waals surface area contributed by atoms with E-state index in [1.165, 1.54) is 10.7 Å². The molecule has 1 aromatic heterocycles. The molecule has 0 saturated heterocycles. The minimum atomic E-state index is -0.282. The van der Waals surface area contributed by atoms with Gasteiger partial charge in [0.25, 0.3) is 5.56 Å². The summed E-state index contributed by atoms with van der Waals surface area (Å²) in [5.74, 6) is -0.204. The highest BCUT2D eigenvalue weighted by molar-refractivity contribution is 5.75. The Morgan fingerprint density at radius 1 is 1.23 bits per heavy atom.